The molecule has 0 aliphatic rings. The summed E-state index contributed by atoms with van der Waals surface area (Å²) < 4.78 is 11.9. The molecule has 2 N–H and O–H groups in total. The van der Waals surface area contributed by atoms with Gasteiger partial charge in [0.05, 0.1) is 18.9 Å². The summed E-state index contributed by atoms with van der Waals surface area (Å²) in [5.74, 6) is -0.669. The number of aryl methyl sites for hydroxylation is 1. The predicted octanol–water partition coefficient (Wildman–Crippen LogP) is 6.16. The zero-order valence-electron chi connectivity index (χ0n) is 21.5. The number of ether oxygens (including phenoxy) is 2. The smallest absolute Gasteiger partial charge is 0.304 e. The molecule has 0 saturated carbocycles. The van der Waals surface area contributed by atoms with Gasteiger partial charge in [0.25, 0.3) is 0 Å². The van der Waals surface area contributed by atoms with Crippen LogP contribution in [-0.4, -0.2) is 23.6 Å². The number of hydrogen-bond donors (Lipinski definition) is 2. The largest absolute Gasteiger partial charge is 0.493 e. The zero-order valence-corrected chi connectivity index (χ0v) is 21.5. The molecule has 1 amide bonds. The molecular formula is C31H35NO5. The van der Waals surface area contributed by atoms with E-state index in [0.29, 0.717) is 17.9 Å². The first-order valence-corrected chi connectivity index (χ1v) is 12.6. The Labute approximate surface area is 218 Å². The lowest BCUT2D eigenvalue weighted by atomic mass is 9.95. The van der Waals surface area contributed by atoms with Crippen molar-refractivity contribution in [1.29, 1.82) is 0 Å². The second-order valence-corrected chi connectivity index (χ2v) is 9.03. The van der Waals surface area contributed by atoms with Crippen LogP contribution < -0.4 is 14.8 Å². The molecule has 0 fully saturated rings. The summed E-state index contributed by atoms with van der Waals surface area (Å²) in [4.78, 5) is 23.4. The Hall–Kier alpha value is -4.06. The van der Waals surface area contributed by atoms with Gasteiger partial charge in [-0.2, -0.15) is 0 Å². The zero-order chi connectivity index (χ0) is 26.6. The Morgan fingerprint density at radius 2 is 1.70 bits per heavy atom. The Balaban J connectivity index is 1.60. The van der Waals surface area contributed by atoms with E-state index in [4.69, 9.17) is 14.6 Å². The number of aliphatic carboxylic acids is 1. The van der Waals surface area contributed by atoms with Crippen LogP contribution in [0.2, 0.25) is 0 Å². The van der Waals surface area contributed by atoms with E-state index in [9.17, 15) is 9.59 Å². The summed E-state index contributed by atoms with van der Waals surface area (Å²) in [6.45, 7) is 8.83. The van der Waals surface area contributed by atoms with Crippen LogP contribution in [0.1, 0.15) is 59.9 Å². The highest BCUT2D eigenvalue weighted by Gasteiger charge is 2.23. The summed E-state index contributed by atoms with van der Waals surface area (Å²) in [5.41, 5.74) is 5.23. The number of unbranched alkanes of at least 4 members (excludes halogenated alkanes) is 1. The minimum Gasteiger partial charge on any atom is -0.493 e. The average molecular weight is 502 g/mol. The maximum Gasteiger partial charge on any atom is 0.304 e. The SMILES string of the molecule is C=CNC(=O)C(CC(=O)O)c1ccc(OCc2ccc(Cc3cc(C)ccc3OCCCC)cc2)cc1. The van der Waals surface area contributed by atoms with E-state index in [1.54, 1.807) is 24.3 Å². The van der Waals surface area contributed by atoms with Crippen molar-refractivity contribution < 1.29 is 24.2 Å². The van der Waals surface area contributed by atoms with Crippen molar-refractivity contribution in [3.63, 3.8) is 0 Å². The number of amides is 1. The minimum absolute atomic E-state index is 0.304. The van der Waals surface area contributed by atoms with Crippen molar-refractivity contribution in [3.8, 4) is 11.5 Å². The van der Waals surface area contributed by atoms with Crippen molar-refractivity contribution in [2.75, 3.05) is 6.61 Å². The Morgan fingerprint density at radius 3 is 2.35 bits per heavy atom. The minimum atomic E-state index is -1.05. The van der Waals surface area contributed by atoms with Gasteiger partial charge in [-0.15, -0.1) is 0 Å². The summed E-state index contributed by atoms with van der Waals surface area (Å²) in [5, 5.41) is 11.6. The van der Waals surface area contributed by atoms with Crippen LogP contribution in [0.4, 0.5) is 0 Å². The number of carbonyl (C=O) groups is 2. The molecule has 37 heavy (non-hydrogen) atoms. The maximum atomic E-state index is 12.2. The van der Waals surface area contributed by atoms with Crippen molar-refractivity contribution in [3.05, 3.63) is 107 Å². The molecule has 0 spiro atoms. The second kappa shape index (κ2) is 13.9. The molecule has 6 heteroatoms. The standard InChI is InChI=1S/C31H35NO5/c1-4-6-17-36-29-16-7-22(3)18-26(29)19-23-8-10-24(11-9-23)21-37-27-14-12-25(13-15-27)28(20-30(33)34)31(35)32-5-2/h5,7-16,18,28H,2,4,6,17,19-21H2,1,3H3,(H,32,35)(H,33,34). The third-order valence-corrected chi connectivity index (χ3v) is 6.02. The predicted molar refractivity (Wildman–Crippen MR) is 145 cm³/mol. The van der Waals surface area contributed by atoms with Gasteiger partial charge in [0.15, 0.2) is 0 Å². The van der Waals surface area contributed by atoms with Crippen molar-refractivity contribution in [1.82, 2.24) is 5.32 Å². The lowest BCUT2D eigenvalue weighted by Crippen LogP contribution is -2.26. The molecule has 194 valence electrons. The third kappa shape index (κ3) is 8.53. The molecule has 0 radical (unpaired) electrons. The van der Waals surface area contributed by atoms with Gasteiger partial charge in [-0.05, 0) is 60.0 Å². The van der Waals surface area contributed by atoms with E-state index in [0.717, 1.165) is 37.2 Å². The molecule has 6 nitrogen and oxygen atoms in total. The van der Waals surface area contributed by atoms with Gasteiger partial charge in [0.1, 0.15) is 18.1 Å². The van der Waals surface area contributed by atoms with Crippen LogP contribution in [0.5, 0.6) is 11.5 Å². The molecule has 0 bridgehead atoms. The second-order valence-electron chi connectivity index (χ2n) is 9.03. The highest BCUT2D eigenvalue weighted by Crippen LogP contribution is 2.25. The monoisotopic (exact) mass is 501 g/mol. The van der Waals surface area contributed by atoms with Gasteiger partial charge in [0.2, 0.25) is 5.91 Å². The first-order chi connectivity index (χ1) is 17.9. The topological polar surface area (TPSA) is 84.9 Å². The van der Waals surface area contributed by atoms with Crippen LogP contribution in [0.3, 0.4) is 0 Å². The van der Waals surface area contributed by atoms with E-state index in [1.807, 2.05) is 0 Å². The van der Waals surface area contributed by atoms with Gasteiger partial charge >= 0.3 is 5.97 Å². The number of carboxylic acid groups (broad SMARTS) is 1. The molecule has 0 aliphatic heterocycles. The van der Waals surface area contributed by atoms with E-state index in [1.165, 1.54) is 22.9 Å². The van der Waals surface area contributed by atoms with Crippen molar-refractivity contribution in [2.24, 2.45) is 0 Å². The number of rotatable bonds is 14. The molecule has 3 aromatic carbocycles. The molecular weight excluding hydrogens is 466 g/mol. The number of benzene rings is 3. The van der Waals surface area contributed by atoms with Crippen LogP contribution in [-0.2, 0) is 22.6 Å². The highest BCUT2D eigenvalue weighted by molar-refractivity contribution is 5.88. The van der Waals surface area contributed by atoms with E-state index in [2.05, 4.69) is 68.2 Å². The molecule has 0 aromatic heterocycles. The molecule has 0 heterocycles. The van der Waals surface area contributed by atoms with Crippen LogP contribution in [0, 0.1) is 6.92 Å². The number of nitrogens with one attached hydrogen (secondary N) is 1. The molecule has 1 unspecified atom stereocenters. The quantitative estimate of drug-likeness (QED) is 0.258. The van der Waals surface area contributed by atoms with Crippen LogP contribution in [0.25, 0.3) is 0 Å². The number of carboxylic acids is 1. The fraction of sp³-hybridized carbons (Fsp3) is 0.290. The van der Waals surface area contributed by atoms with Gasteiger partial charge < -0.3 is 19.9 Å². The van der Waals surface area contributed by atoms with Crippen molar-refractivity contribution in [2.45, 2.75) is 52.1 Å². The highest BCUT2D eigenvalue weighted by atomic mass is 16.5. The average Bonchev–Trinajstić information content (AvgIpc) is 2.88. The molecule has 1 atom stereocenters. The Bertz CT molecular complexity index is 1190. The number of carbonyl (C=O) groups excluding carboxylic acids is 1. The van der Waals surface area contributed by atoms with Gasteiger partial charge in [-0.1, -0.05) is 74.0 Å². The lowest BCUT2D eigenvalue weighted by molar-refractivity contribution is -0.139. The number of hydrogen-bond acceptors (Lipinski definition) is 4. The van der Waals surface area contributed by atoms with E-state index in [-0.39, 0.29) is 6.42 Å². The summed E-state index contributed by atoms with van der Waals surface area (Å²) in [6, 6.07) is 21.6. The van der Waals surface area contributed by atoms with E-state index < -0.39 is 17.8 Å². The Kier molecular flexibility index (Phi) is 10.3. The normalized spacial score (nSPS) is 11.4. The van der Waals surface area contributed by atoms with E-state index >= 15 is 0 Å². The Morgan fingerprint density at radius 1 is 1.00 bits per heavy atom. The first kappa shape index (κ1) is 27.5. The lowest BCUT2D eigenvalue weighted by Gasteiger charge is -2.15. The van der Waals surface area contributed by atoms with Crippen molar-refractivity contribution >= 4 is 11.9 Å². The van der Waals surface area contributed by atoms with Gasteiger partial charge in [0, 0.05) is 6.42 Å². The summed E-state index contributed by atoms with van der Waals surface area (Å²) in [6.07, 6.45) is 3.89. The molecule has 3 rings (SSSR count). The molecule has 3 aromatic rings. The summed E-state index contributed by atoms with van der Waals surface area (Å²) >= 11 is 0. The molecule has 0 aliphatic carbocycles. The molecule has 0 saturated heterocycles. The first-order valence-electron chi connectivity index (χ1n) is 12.6. The van der Waals surface area contributed by atoms with Crippen LogP contribution >= 0.6 is 0 Å². The third-order valence-electron chi connectivity index (χ3n) is 6.02. The van der Waals surface area contributed by atoms with Gasteiger partial charge in [-0.25, -0.2) is 0 Å². The maximum absolute atomic E-state index is 12.2. The van der Waals surface area contributed by atoms with Gasteiger partial charge in [-0.3, -0.25) is 9.59 Å². The fourth-order valence-electron chi connectivity index (χ4n) is 3.99. The van der Waals surface area contributed by atoms with Crippen LogP contribution in [0.15, 0.2) is 79.5 Å². The fourth-order valence-corrected chi connectivity index (χ4v) is 3.99. The summed E-state index contributed by atoms with van der Waals surface area (Å²) in [7, 11) is 0.